The number of hydrogen-bond acceptors (Lipinski definition) is 6. The van der Waals surface area contributed by atoms with Gasteiger partial charge in [0.25, 0.3) is 10.0 Å². The fraction of sp³-hybridized carbons (Fsp3) is 0.333. The van der Waals surface area contributed by atoms with Crippen molar-refractivity contribution in [1.29, 1.82) is 0 Å². The van der Waals surface area contributed by atoms with E-state index in [2.05, 4.69) is 0 Å². The third-order valence-electron chi connectivity index (χ3n) is 5.05. The summed E-state index contributed by atoms with van der Waals surface area (Å²) in [5, 5.41) is 0. The molecule has 0 bridgehead atoms. The highest BCUT2D eigenvalue weighted by Crippen LogP contribution is 2.32. The number of oxazole rings is 1. The fourth-order valence-corrected chi connectivity index (χ4v) is 5.18. The summed E-state index contributed by atoms with van der Waals surface area (Å²) in [6.45, 7) is 2.22. The summed E-state index contributed by atoms with van der Waals surface area (Å²) >= 11 is 0. The fourth-order valence-electron chi connectivity index (χ4n) is 3.62. The lowest BCUT2D eigenvalue weighted by atomic mass is 10.0. The topological polar surface area (TPSA) is 98.8 Å². The van der Waals surface area contributed by atoms with Crippen LogP contribution in [0.2, 0.25) is 0 Å². The lowest BCUT2D eigenvalue weighted by Gasteiger charge is -2.30. The predicted molar refractivity (Wildman–Crippen MR) is 111 cm³/mol. The molecule has 30 heavy (non-hydrogen) atoms. The Kier molecular flexibility index (Phi) is 5.38. The molecule has 2 aromatic carbocycles. The van der Waals surface area contributed by atoms with Gasteiger partial charge in [0.2, 0.25) is 0 Å². The Hall–Kier alpha value is -3.07. The lowest BCUT2D eigenvalue weighted by Crippen LogP contribution is -2.35. The van der Waals surface area contributed by atoms with Gasteiger partial charge in [-0.05, 0) is 43.0 Å². The van der Waals surface area contributed by atoms with Gasteiger partial charge in [0, 0.05) is 12.6 Å². The Morgan fingerprint density at radius 3 is 2.80 bits per heavy atom. The first kappa shape index (κ1) is 20.2. The second-order valence-corrected chi connectivity index (χ2v) is 8.98. The number of sulfonamides is 1. The van der Waals surface area contributed by atoms with Crippen LogP contribution in [0.25, 0.3) is 11.1 Å². The zero-order chi connectivity index (χ0) is 21.3. The Bertz CT molecular complexity index is 1260. The summed E-state index contributed by atoms with van der Waals surface area (Å²) in [6, 6.07) is 11.7. The molecule has 0 radical (unpaired) electrons. The van der Waals surface area contributed by atoms with Crippen molar-refractivity contribution in [2.75, 3.05) is 17.5 Å². The quantitative estimate of drug-likeness (QED) is 0.558. The summed E-state index contributed by atoms with van der Waals surface area (Å²) < 4.78 is 39.4. The Morgan fingerprint density at radius 1 is 1.20 bits per heavy atom. The van der Waals surface area contributed by atoms with Crippen molar-refractivity contribution < 1.29 is 22.4 Å². The Labute approximate surface area is 173 Å². The van der Waals surface area contributed by atoms with Gasteiger partial charge in [0.05, 0.1) is 22.7 Å². The third kappa shape index (κ3) is 3.60. The molecule has 0 fully saturated rings. The smallest absolute Gasteiger partial charge is 0.420 e. The lowest BCUT2D eigenvalue weighted by molar-refractivity contribution is -0.144. The van der Waals surface area contributed by atoms with E-state index in [9.17, 15) is 18.0 Å². The van der Waals surface area contributed by atoms with Crippen molar-refractivity contribution in [3.05, 3.63) is 58.6 Å². The van der Waals surface area contributed by atoms with Crippen LogP contribution < -0.4 is 10.1 Å². The summed E-state index contributed by atoms with van der Waals surface area (Å²) in [7, 11) is -3.84. The molecule has 0 amide bonds. The van der Waals surface area contributed by atoms with E-state index in [1.807, 2.05) is 25.1 Å². The van der Waals surface area contributed by atoms with Crippen LogP contribution >= 0.6 is 0 Å². The number of hydrogen-bond donors (Lipinski definition) is 0. The van der Waals surface area contributed by atoms with E-state index in [4.69, 9.17) is 9.15 Å². The molecule has 2 heterocycles. The van der Waals surface area contributed by atoms with Gasteiger partial charge in [-0.2, -0.15) is 0 Å². The highest BCUT2D eigenvalue weighted by atomic mass is 32.2. The molecule has 0 saturated heterocycles. The van der Waals surface area contributed by atoms with Gasteiger partial charge in [-0.25, -0.2) is 13.2 Å². The van der Waals surface area contributed by atoms with Crippen LogP contribution in [-0.4, -0.2) is 32.1 Å². The molecule has 8 nitrogen and oxygen atoms in total. The molecule has 0 atom stereocenters. The van der Waals surface area contributed by atoms with E-state index in [1.54, 1.807) is 6.07 Å². The van der Waals surface area contributed by atoms with Crippen LogP contribution in [0, 0.1) is 0 Å². The second-order valence-electron chi connectivity index (χ2n) is 7.11. The molecule has 1 aromatic heterocycles. The Morgan fingerprint density at radius 2 is 2.00 bits per heavy atom. The van der Waals surface area contributed by atoms with Crippen molar-refractivity contribution in [2.45, 2.75) is 37.6 Å². The number of fused-ring (bicyclic) bond motifs is 2. The highest BCUT2D eigenvalue weighted by molar-refractivity contribution is 7.92. The zero-order valence-corrected chi connectivity index (χ0v) is 17.4. The number of rotatable bonds is 6. The van der Waals surface area contributed by atoms with Gasteiger partial charge in [-0.15, -0.1) is 0 Å². The van der Waals surface area contributed by atoms with Crippen LogP contribution in [0.3, 0.4) is 0 Å². The molecule has 3 aromatic rings. The number of carbonyl (C=O) groups excluding carboxylic acids is 1. The molecule has 0 unspecified atom stereocenters. The van der Waals surface area contributed by atoms with Crippen LogP contribution in [0.4, 0.5) is 5.69 Å². The largest absolute Gasteiger partial charge is 0.464 e. The number of aromatic nitrogens is 1. The zero-order valence-electron chi connectivity index (χ0n) is 16.5. The summed E-state index contributed by atoms with van der Waals surface area (Å²) in [4.78, 5) is 24.1. The molecule has 0 aliphatic carbocycles. The summed E-state index contributed by atoms with van der Waals surface area (Å²) in [5.74, 6) is -1.29. The predicted octanol–water partition coefficient (Wildman–Crippen LogP) is 2.69. The van der Waals surface area contributed by atoms with Crippen LogP contribution in [0.5, 0.6) is 0 Å². The van der Waals surface area contributed by atoms with Crippen molar-refractivity contribution in [1.82, 2.24) is 4.57 Å². The Balaban J connectivity index is 1.69. The first-order valence-corrected chi connectivity index (χ1v) is 11.3. The average Bonchev–Trinajstić information content (AvgIpc) is 3.06. The number of ether oxygens (including phenoxy) is 1. The molecule has 0 saturated carbocycles. The number of para-hydroxylation sites is 1. The van der Waals surface area contributed by atoms with Gasteiger partial charge >= 0.3 is 11.7 Å². The number of nitrogens with zero attached hydrogens (tertiary/aromatic N) is 2. The van der Waals surface area contributed by atoms with Crippen molar-refractivity contribution in [3.63, 3.8) is 0 Å². The van der Waals surface area contributed by atoms with Crippen molar-refractivity contribution in [3.8, 4) is 0 Å². The monoisotopic (exact) mass is 430 g/mol. The summed E-state index contributed by atoms with van der Waals surface area (Å²) in [6.07, 6.45) is 2.23. The van der Waals surface area contributed by atoms with Gasteiger partial charge in [0.1, 0.15) is 6.54 Å². The molecule has 1 aliphatic heterocycles. The van der Waals surface area contributed by atoms with Gasteiger partial charge in [-0.1, -0.05) is 25.1 Å². The molecule has 0 spiro atoms. The van der Waals surface area contributed by atoms with Gasteiger partial charge in [-0.3, -0.25) is 13.7 Å². The van der Waals surface area contributed by atoms with Crippen molar-refractivity contribution >= 4 is 32.8 Å². The van der Waals surface area contributed by atoms with E-state index >= 15 is 0 Å². The molecular weight excluding hydrogens is 408 g/mol. The minimum Gasteiger partial charge on any atom is -0.464 e. The van der Waals surface area contributed by atoms with Crippen LogP contribution in [0.1, 0.15) is 25.3 Å². The van der Waals surface area contributed by atoms with E-state index in [1.165, 1.54) is 22.5 Å². The minimum atomic E-state index is -3.84. The molecule has 0 N–H and O–H groups in total. The SMILES string of the molecule is CCCOC(=O)Cn1c(=O)oc2cc(S(=O)(=O)N3CCCc4ccccc43)ccc21. The highest BCUT2D eigenvalue weighted by Gasteiger charge is 2.29. The van der Waals surface area contributed by atoms with E-state index < -0.39 is 21.7 Å². The number of anilines is 1. The van der Waals surface area contributed by atoms with Gasteiger partial charge < -0.3 is 9.15 Å². The molecule has 9 heteroatoms. The van der Waals surface area contributed by atoms with Gasteiger partial charge in [0.15, 0.2) is 5.58 Å². The molecule has 1 aliphatic rings. The number of benzene rings is 2. The normalized spacial score (nSPS) is 14.0. The van der Waals surface area contributed by atoms with Crippen LogP contribution in [0.15, 0.2) is 56.6 Å². The third-order valence-corrected chi connectivity index (χ3v) is 6.86. The molecule has 158 valence electrons. The number of carbonyl (C=O) groups is 1. The van der Waals surface area contributed by atoms with Crippen LogP contribution in [-0.2, 0) is 32.5 Å². The van der Waals surface area contributed by atoms with E-state index in [0.717, 1.165) is 23.0 Å². The van der Waals surface area contributed by atoms with E-state index in [0.29, 0.717) is 24.2 Å². The molecule has 4 rings (SSSR count). The molecular formula is C21H22N2O6S. The average molecular weight is 430 g/mol. The minimum absolute atomic E-state index is 0.0289. The van der Waals surface area contributed by atoms with Crippen molar-refractivity contribution in [2.24, 2.45) is 0 Å². The second kappa shape index (κ2) is 7.98. The number of esters is 1. The maximum absolute atomic E-state index is 13.3. The first-order valence-electron chi connectivity index (χ1n) is 9.81. The maximum Gasteiger partial charge on any atom is 0.420 e. The maximum atomic E-state index is 13.3. The number of aryl methyl sites for hydroxylation is 1. The van der Waals surface area contributed by atoms with E-state index in [-0.39, 0.29) is 23.6 Å². The first-order chi connectivity index (χ1) is 14.4. The summed E-state index contributed by atoms with van der Waals surface area (Å²) in [5.41, 5.74) is 2.10. The standard InChI is InChI=1S/C21H22N2O6S/c1-2-12-28-20(24)14-22-18-10-9-16(13-19(18)29-21(22)25)30(26,27)23-11-5-7-15-6-3-4-8-17(15)23/h3-4,6,8-10,13H,2,5,7,11-12,14H2,1H3.